The van der Waals surface area contributed by atoms with E-state index in [4.69, 9.17) is 5.73 Å². The molecule has 0 saturated carbocycles. The van der Waals surface area contributed by atoms with Gasteiger partial charge in [-0.2, -0.15) is 13.9 Å². The number of aryl methyl sites for hydroxylation is 1. The zero-order valence-corrected chi connectivity index (χ0v) is 14.6. The number of nitrogens with zero attached hydrogens (tertiary/aromatic N) is 3. The van der Waals surface area contributed by atoms with Crippen LogP contribution in [0.1, 0.15) is 12.1 Å². The largest absolute Gasteiger partial charge is 0.435 e. The molecule has 3 aromatic rings. The Morgan fingerprint density at radius 3 is 2.41 bits per heavy atom. The first-order chi connectivity index (χ1) is 13.0. The molecule has 2 heterocycles. The van der Waals surface area contributed by atoms with Gasteiger partial charge in [-0.3, -0.25) is 14.5 Å². The van der Waals surface area contributed by atoms with Crippen LogP contribution in [0.4, 0.5) is 8.78 Å². The third-order valence-electron chi connectivity index (χ3n) is 4.10. The summed E-state index contributed by atoms with van der Waals surface area (Å²) in [4.78, 5) is 15.3. The van der Waals surface area contributed by atoms with Gasteiger partial charge in [0.05, 0.1) is 0 Å². The predicted octanol–water partition coefficient (Wildman–Crippen LogP) is 3.17. The number of rotatable bonds is 7. The first-order valence-corrected chi connectivity index (χ1v) is 8.25. The maximum Gasteiger partial charge on any atom is 0.387 e. The van der Waals surface area contributed by atoms with Crippen molar-refractivity contribution in [3.8, 4) is 28.1 Å². The van der Waals surface area contributed by atoms with Crippen LogP contribution in [0.15, 0.2) is 48.8 Å². The van der Waals surface area contributed by atoms with E-state index >= 15 is 0 Å². The highest BCUT2D eigenvalue weighted by Crippen LogP contribution is 2.35. The third-order valence-corrected chi connectivity index (χ3v) is 4.10. The Morgan fingerprint density at radius 1 is 1.15 bits per heavy atom. The van der Waals surface area contributed by atoms with Gasteiger partial charge >= 0.3 is 6.61 Å². The number of nitrogens with two attached hydrogens (primary N) is 1. The van der Waals surface area contributed by atoms with Crippen LogP contribution >= 0.6 is 0 Å². The summed E-state index contributed by atoms with van der Waals surface area (Å²) in [5, 5.41) is 4.59. The second-order valence-corrected chi connectivity index (χ2v) is 5.90. The minimum absolute atomic E-state index is 0.0711. The topological polar surface area (TPSA) is 83.0 Å². The van der Waals surface area contributed by atoms with Crippen molar-refractivity contribution < 1.29 is 18.3 Å². The zero-order chi connectivity index (χ0) is 19.4. The quantitative estimate of drug-likeness (QED) is 0.691. The number of carbonyl (C=O) groups excluding carboxylic acids is 1. The third kappa shape index (κ3) is 4.28. The number of halogens is 2. The van der Waals surface area contributed by atoms with E-state index in [1.165, 1.54) is 12.1 Å². The molecule has 0 unspecified atom stereocenters. The lowest BCUT2D eigenvalue weighted by molar-refractivity contribution is -0.118. The molecule has 2 N–H and O–H groups in total. The maximum absolute atomic E-state index is 12.4. The van der Waals surface area contributed by atoms with Crippen LogP contribution in [-0.2, 0) is 18.3 Å². The van der Waals surface area contributed by atoms with Crippen LogP contribution in [0.3, 0.4) is 0 Å². The van der Waals surface area contributed by atoms with Crippen LogP contribution in [0.25, 0.3) is 22.4 Å². The fourth-order valence-corrected chi connectivity index (χ4v) is 2.91. The molecule has 0 bridgehead atoms. The molecule has 140 valence electrons. The van der Waals surface area contributed by atoms with Crippen molar-refractivity contribution >= 4 is 5.91 Å². The summed E-state index contributed by atoms with van der Waals surface area (Å²) in [7, 11) is 1.79. The van der Waals surface area contributed by atoms with E-state index in [-0.39, 0.29) is 12.2 Å². The van der Waals surface area contributed by atoms with Gasteiger partial charge in [-0.05, 0) is 36.2 Å². The van der Waals surface area contributed by atoms with E-state index < -0.39 is 12.5 Å². The minimum Gasteiger partial charge on any atom is -0.435 e. The van der Waals surface area contributed by atoms with Crippen molar-refractivity contribution in [2.24, 2.45) is 12.8 Å². The molecule has 0 radical (unpaired) electrons. The smallest absolute Gasteiger partial charge is 0.387 e. The van der Waals surface area contributed by atoms with Gasteiger partial charge in [-0.25, -0.2) is 0 Å². The first-order valence-electron chi connectivity index (χ1n) is 8.25. The standard InChI is InChI=1S/C19H18F2N4O2/c1-25-15(6-7-16(22)26)17(18(24-25)13-8-10-23-11-9-13)12-2-4-14(5-3-12)27-19(20)21/h2-5,8-11,19H,6-7H2,1H3,(H2,22,26). The molecule has 27 heavy (non-hydrogen) atoms. The average Bonchev–Trinajstić information content (AvgIpc) is 2.97. The Morgan fingerprint density at radius 2 is 1.81 bits per heavy atom. The average molecular weight is 372 g/mol. The van der Waals surface area contributed by atoms with E-state index in [0.717, 1.165) is 22.4 Å². The van der Waals surface area contributed by atoms with Crippen LogP contribution in [0, 0.1) is 0 Å². The number of carbonyl (C=O) groups is 1. The Bertz CT molecular complexity index is 925. The molecular weight excluding hydrogens is 354 g/mol. The highest BCUT2D eigenvalue weighted by Gasteiger charge is 2.20. The fourth-order valence-electron chi connectivity index (χ4n) is 2.91. The molecule has 0 aliphatic rings. The molecule has 6 nitrogen and oxygen atoms in total. The molecule has 1 amide bonds. The van der Waals surface area contributed by atoms with Crippen molar-refractivity contribution in [3.05, 3.63) is 54.5 Å². The van der Waals surface area contributed by atoms with E-state index in [2.05, 4.69) is 14.8 Å². The second-order valence-electron chi connectivity index (χ2n) is 5.90. The molecule has 2 aromatic heterocycles. The molecular formula is C19H18F2N4O2. The Hall–Kier alpha value is -3.29. The highest BCUT2D eigenvalue weighted by atomic mass is 19.3. The minimum atomic E-state index is -2.88. The van der Waals surface area contributed by atoms with Gasteiger partial charge in [0.1, 0.15) is 11.4 Å². The summed E-state index contributed by atoms with van der Waals surface area (Å²) in [6.45, 7) is -2.88. The fraction of sp³-hybridized carbons (Fsp3) is 0.211. The molecule has 0 spiro atoms. The van der Waals surface area contributed by atoms with Gasteiger partial charge < -0.3 is 10.5 Å². The van der Waals surface area contributed by atoms with Crippen molar-refractivity contribution in [2.75, 3.05) is 0 Å². The summed E-state index contributed by atoms with van der Waals surface area (Å²) in [6, 6.07) is 9.99. The van der Waals surface area contributed by atoms with Crippen molar-refractivity contribution in [2.45, 2.75) is 19.5 Å². The Labute approximate surface area is 154 Å². The number of aromatic nitrogens is 3. The van der Waals surface area contributed by atoms with Crippen LogP contribution in [-0.4, -0.2) is 27.3 Å². The van der Waals surface area contributed by atoms with Gasteiger partial charge in [0.15, 0.2) is 0 Å². The predicted molar refractivity (Wildman–Crippen MR) is 96.0 cm³/mol. The SMILES string of the molecule is Cn1nc(-c2ccncc2)c(-c2ccc(OC(F)F)cc2)c1CCC(N)=O. The molecule has 0 aliphatic heterocycles. The van der Waals surface area contributed by atoms with Crippen LogP contribution in [0.2, 0.25) is 0 Å². The Balaban J connectivity index is 2.08. The van der Waals surface area contributed by atoms with Gasteiger partial charge in [0.2, 0.25) is 5.91 Å². The molecule has 1 aromatic carbocycles. The summed E-state index contributed by atoms with van der Waals surface area (Å²) in [5.74, 6) is -0.338. The highest BCUT2D eigenvalue weighted by molar-refractivity contribution is 5.83. The lowest BCUT2D eigenvalue weighted by Gasteiger charge is -2.09. The van der Waals surface area contributed by atoms with Crippen molar-refractivity contribution in [1.29, 1.82) is 0 Å². The number of hydrogen-bond acceptors (Lipinski definition) is 4. The van der Waals surface area contributed by atoms with E-state index in [0.29, 0.717) is 12.1 Å². The monoisotopic (exact) mass is 372 g/mol. The number of benzene rings is 1. The van der Waals surface area contributed by atoms with Crippen LogP contribution in [0.5, 0.6) is 5.75 Å². The molecule has 0 aliphatic carbocycles. The van der Waals surface area contributed by atoms with Gasteiger partial charge in [-0.15, -0.1) is 0 Å². The molecule has 0 atom stereocenters. The molecule has 8 heteroatoms. The number of amides is 1. The van der Waals surface area contributed by atoms with E-state index in [9.17, 15) is 13.6 Å². The number of ether oxygens (including phenoxy) is 1. The van der Waals surface area contributed by atoms with Gasteiger partial charge in [0, 0.05) is 42.7 Å². The lowest BCUT2D eigenvalue weighted by atomic mass is 9.97. The number of hydrogen-bond donors (Lipinski definition) is 1. The molecule has 0 fully saturated rings. The van der Waals surface area contributed by atoms with Gasteiger partial charge in [-0.1, -0.05) is 12.1 Å². The number of alkyl halides is 2. The van der Waals surface area contributed by atoms with E-state index in [1.54, 1.807) is 36.3 Å². The van der Waals surface area contributed by atoms with Crippen molar-refractivity contribution in [3.63, 3.8) is 0 Å². The second kappa shape index (κ2) is 7.94. The zero-order valence-electron chi connectivity index (χ0n) is 14.6. The lowest BCUT2D eigenvalue weighted by Crippen LogP contribution is -2.12. The Kier molecular flexibility index (Phi) is 5.44. The van der Waals surface area contributed by atoms with Gasteiger partial charge in [0.25, 0.3) is 0 Å². The summed E-state index contributed by atoms with van der Waals surface area (Å²) in [5.41, 5.74) is 9.27. The molecule has 0 saturated heterocycles. The van der Waals surface area contributed by atoms with E-state index in [1.807, 2.05) is 12.1 Å². The van der Waals surface area contributed by atoms with Crippen molar-refractivity contribution in [1.82, 2.24) is 14.8 Å². The normalized spacial score (nSPS) is 11.0. The summed E-state index contributed by atoms with van der Waals surface area (Å²) < 4.78 is 30.9. The first kappa shape index (κ1) is 18.5. The number of primary amides is 1. The van der Waals surface area contributed by atoms with Crippen LogP contribution < -0.4 is 10.5 Å². The summed E-state index contributed by atoms with van der Waals surface area (Å²) in [6.07, 6.45) is 3.91. The summed E-state index contributed by atoms with van der Waals surface area (Å²) >= 11 is 0. The number of pyridine rings is 1. The maximum atomic E-state index is 12.4. The molecule has 3 rings (SSSR count).